The molecule has 1 unspecified atom stereocenters. The zero-order valence-corrected chi connectivity index (χ0v) is 19.6. The molecule has 1 atom stereocenters. The average molecular weight is 476 g/mol. The fourth-order valence-electron chi connectivity index (χ4n) is 4.82. The Morgan fingerprint density at radius 2 is 1.91 bits per heavy atom. The van der Waals surface area contributed by atoms with Crippen molar-refractivity contribution in [2.45, 2.75) is 76.7 Å². The second-order valence-corrected chi connectivity index (χ2v) is 10.3. The molecule has 2 N–H and O–H groups in total. The van der Waals surface area contributed by atoms with Crippen molar-refractivity contribution < 1.29 is 33.4 Å². The number of benzene rings is 1. The Morgan fingerprint density at radius 1 is 1.24 bits per heavy atom. The molecule has 3 aliphatic rings. The Kier molecular flexibility index (Phi) is 6.14. The number of nitrogens with one attached hydrogen (secondary N) is 1. The fourth-order valence-corrected chi connectivity index (χ4v) is 4.82. The lowest BCUT2D eigenvalue weighted by molar-refractivity contribution is -0.161. The Morgan fingerprint density at radius 3 is 2.53 bits per heavy atom. The number of halogens is 1. The third-order valence-electron chi connectivity index (χ3n) is 6.56. The summed E-state index contributed by atoms with van der Waals surface area (Å²) in [5.74, 6) is -2.35. The maximum absolute atomic E-state index is 15.5. The molecule has 1 aromatic carbocycles. The van der Waals surface area contributed by atoms with Gasteiger partial charge in [0, 0.05) is 30.6 Å². The first-order valence-corrected chi connectivity index (χ1v) is 11.5. The third-order valence-corrected chi connectivity index (χ3v) is 6.56. The lowest BCUT2D eigenvalue weighted by atomic mass is 9.88. The molecule has 0 saturated carbocycles. The van der Waals surface area contributed by atoms with Gasteiger partial charge in [0.25, 0.3) is 5.91 Å². The molecule has 3 heterocycles. The van der Waals surface area contributed by atoms with Crippen LogP contribution in [-0.2, 0) is 25.7 Å². The highest BCUT2D eigenvalue weighted by atomic mass is 19.1. The maximum atomic E-state index is 15.5. The number of amides is 3. The fraction of sp³-hybridized carbons (Fsp3) is 0.583. The van der Waals surface area contributed by atoms with Crippen LogP contribution >= 0.6 is 0 Å². The predicted octanol–water partition coefficient (Wildman–Crippen LogP) is 1.65. The maximum Gasteiger partial charge on any atom is 0.309 e. The Hall–Kier alpha value is -3.01. The number of imide groups is 1. The van der Waals surface area contributed by atoms with E-state index in [-0.39, 0.29) is 55.7 Å². The number of esters is 1. The van der Waals surface area contributed by atoms with Gasteiger partial charge in [-0.25, -0.2) is 4.39 Å². The second kappa shape index (κ2) is 8.65. The summed E-state index contributed by atoms with van der Waals surface area (Å²) in [6.45, 7) is 5.91. The van der Waals surface area contributed by atoms with Crippen LogP contribution in [0.25, 0.3) is 0 Å². The number of carbonyl (C=O) groups excluding carboxylic acids is 4. The first kappa shape index (κ1) is 24.1. The van der Waals surface area contributed by atoms with Gasteiger partial charge in [-0.3, -0.25) is 24.5 Å². The van der Waals surface area contributed by atoms with Gasteiger partial charge in [0.05, 0.1) is 24.3 Å². The SMILES string of the molecule is CC(C)(C)OC(=O)CC1(O)CCN(c2ccc3c(c2F)CN(C2CCC(=O)NC2=O)C3=O)CC1. The van der Waals surface area contributed by atoms with E-state index in [2.05, 4.69) is 5.32 Å². The highest BCUT2D eigenvalue weighted by Gasteiger charge is 2.42. The van der Waals surface area contributed by atoms with Gasteiger partial charge in [-0.1, -0.05) is 0 Å². The van der Waals surface area contributed by atoms with Gasteiger partial charge in [-0.05, 0) is 52.2 Å². The lowest BCUT2D eigenvalue weighted by Gasteiger charge is -2.39. The van der Waals surface area contributed by atoms with Gasteiger partial charge in [-0.2, -0.15) is 0 Å². The van der Waals surface area contributed by atoms with E-state index in [0.29, 0.717) is 18.8 Å². The predicted molar refractivity (Wildman–Crippen MR) is 119 cm³/mol. The first-order chi connectivity index (χ1) is 15.9. The quantitative estimate of drug-likeness (QED) is 0.502. The monoisotopic (exact) mass is 475 g/mol. The highest BCUT2D eigenvalue weighted by Crippen LogP contribution is 2.36. The van der Waals surface area contributed by atoms with Crippen LogP contribution in [0.3, 0.4) is 0 Å². The number of anilines is 1. The van der Waals surface area contributed by atoms with Gasteiger partial charge >= 0.3 is 5.97 Å². The molecule has 1 aromatic rings. The zero-order chi connectivity index (χ0) is 24.8. The summed E-state index contributed by atoms with van der Waals surface area (Å²) in [5, 5.41) is 13.1. The number of aliphatic hydroxyl groups is 1. The summed E-state index contributed by atoms with van der Waals surface area (Å²) < 4.78 is 20.8. The molecule has 0 aromatic heterocycles. The van der Waals surface area contributed by atoms with Gasteiger partial charge in [-0.15, -0.1) is 0 Å². The summed E-state index contributed by atoms with van der Waals surface area (Å²) >= 11 is 0. The van der Waals surface area contributed by atoms with Gasteiger partial charge in [0.1, 0.15) is 11.6 Å². The van der Waals surface area contributed by atoms with E-state index in [1.807, 2.05) is 0 Å². The van der Waals surface area contributed by atoms with Gasteiger partial charge in [0.15, 0.2) is 5.82 Å². The van der Waals surface area contributed by atoms with Crippen LogP contribution in [-0.4, -0.2) is 64.0 Å². The molecule has 184 valence electrons. The van der Waals surface area contributed by atoms with Crippen molar-refractivity contribution in [2.75, 3.05) is 18.0 Å². The van der Waals surface area contributed by atoms with Gasteiger partial charge in [0.2, 0.25) is 11.8 Å². The van der Waals surface area contributed by atoms with E-state index >= 15 is 4.39 Å². The van der Waals surface area contributed by atoms with Crippen LogP contribution in [0.4, 0.5) is 10.1 Å². The molecule has 34 heavy (non-hydrogen) atoms. The molecular weight excluding hydrogens is 445 g/mol. The molecule has 3 aliphatic heterocycles. The number of rotatable bonds is 4. The number of fused-ring (bicyclic) bond motifs is 1. The standard InChI is InChI=1S/C24H30FN3O6/c1-23(2,3)34-19(30)12-24(33)8-10-27(11-9-24)16-5-4-14-15(20(16)25)13-28(22(14)32)17-6-7-18(29)26-21(17)31/h4-5,17,33H,6-13H2,1-3H3,(H,26,29,31). The van der Waals surface area contributed by atoms with Crippen molar-refractivity contribution in [1.29, 1.82) is 0 Å². The first-order valence-electron chi connectivity index (χ1n) is 11.5. The number of hydrogen-bond acceptors (Lipinski definition) is 7. The molecule has 9 nitrogen and oxygen atoms in total. The lowest BCUT2D eigenvalue weighted by Crippen LogP contribution is -2.52. The molecule has 0 bridgehead atoms. The average Bonchev–Trinajstić information content (AvgIpc) is 3.05. The molecule has 2 saturated heterocycles. The van der Waals surface area contributed by atoms with Crippen LogP contribution in [0.5, 0.6) is 0 Å². The summed E-state index contributed by atoms with van der Waals surface area (Å²) in [4.78, 5) is 51.8. The van der Waals surface area contributed by atoms with Crippen molar-refractivity contribution in [3.05, 3.63) is 29.1 Å². The van der Waals surface area contributed by atoms with E-state index in [1.54, 1.807) is 31.7 Å². The molecule has 0 spiro atoms. The van der Waals surface area contributed by atoms with Crippen LogP contribution in [0, 0.1) is 5.82 Å². The number of hydrogen-bond donors (Lipinski definition) is 2. The minimum Gasteiger partial charge on any atom is -0.460 e. The molecular formula is C24H30FN3O6. The largest absolute Gasteiger partial charge is 0.460 e. The van der Waals surface area contributed by atoms with Crippen molar-refractivity contribution in [3.63, 3.8) is 0 Å². The number of ether oxygens (including phenoxy) is 1. The number of nitrogens with zero attached hydrogens (tertiary/aromatic N) is 2. The van der Waals surface area contributed by atoms with E-state index in [0.717, 1.165) is 0 Å². The number of piperidine rings is 2. The zero-order valence-electron chi connectivity index (χ0n) is 19.6. The van der Waals surface area contributed by atoms with Crippen LogP contribution in [0.1, 0.15) is 68.8 Å². The molecule has 0 aliphatic carbocycles. The van der Waals surface area contributed by atoms with E-state index in [9.17, 15) is 24.3 Å². The molecule has 3 amide bonds. The Bertz CT molecular complexity index is 1040. The third kappa shape index (κ3) is 4.77. The summed E-state index contributed by atoms with van der Waals surface area (Å²) in [6.07, 6.45) is 0.750. The summed E-state index contributed by atoms with van der Waals surface area (Å²) in [5.41, 5.74) is -1.10. The molecule has 0 radical (unpaired) electrons. The van der Waals surface area contributed by atoms with Crippen LogP contribution in [0.2, 0.25) is 0 Å². The summed E-state index contributed by atoms with van der Waals surface area (Å²) in [6, 6.07) is 2.29. The van der Waals surface area contributed by atoms with Crippen molar-refractivity contribution in [2.24, 2.45) is 0 Å². The van der Waals surface area contributed by atoms with Crippen LogP contribution in [0.15, 0.2) is 12.1 Å². The normalized spacial score (nSPS) is 22.5. The topological polar surface area (TPSA) is 116 Å². The minimum atomic E-state index is -1.22. The van der Waals surface area contributed by atoms with Crippen molar-refractivity contribution in [1.82, 2.24) is 10.2 Å². The second-order valence-electron chi connectivity index (χ2n) is 10.3. The molecule has 10 heteroatoms. The Balaban J connectivity index is 1.44. The van der Waals surface area contributed by atoms with Crippen molar-refractivity contribution in [3.8, 4) is 0 Å². The van der Waals surface area contributed by atoms with E-state index in [1.165, 1.54) is 11.0 Å². The van der Waals surface area contributed by atoms with E-state index < -0.39 is 40.8 Å². The van der Waals surface area contributed by atoms with Gasteiger partial charge < -0.3 is 19.6 Å². The van der Waals surface area contributed by atoms with Crippen molar-refractivity contribution >= 4 is 29.4 Å². The summed E-state index contributed by atoms with van der Waals surface area (Å²) in [7, 11) is 0. The van der Waals surface area contributed by atoms with E-state index in [4.69, 9.17) is 4.74 Å². The Labute approximate surface area is 197 Å². The highest BCUT2D eigenvalue weighted by molar-refractivity contribution is 6.05. The smallest absolute Gasteiger partial charge is 0.309 e. The molecule has 2 fully saturated rings. The van der Waals surface area contributed by atoms with Crippen LogP contribution < -0.4 is 10.2 Å². The minimum absolute atomic E-state index is 0.0451. The molecule has 4 rings (SSSR count). The number of carbonyl (C=O) groups is 4.